The molecule has 2 saturated heterocycles. The standard InChI is InChI=1S/C36H31FN2O7S3/c37-26-4-1-3-23(17-26)15-16-44-27-11-7-25(8-12-27)19-32-34(41)39(36(43)49-32)21-45-29-5-2-6-30(20-29)47-22-46-28-13-9-24(10-14-28)18-31-33(40)38-35(42)48-31/h1-14,17,20,31-32H,15-16,18-19,21-22H2,(H,38,40,42). The van der Waals surface area contributed by atoms with E-state index in [1.165, 1.54) is 23.9 Å². The number of rotatable bonds is 15. The Morgan fingerprint density at radius 3 is 2.10 bits per heavy atom. The van der Waals surface area contributed by atoms with Gasteiger partial charge in [-0.3, -0.25) is 24.5 Å². The van der Waals surface area contributed by atoms with Crippen LogP contribution < -0.4 is 19.5 Å². The molecule has 2 heterocycles. The highest BCUT2D eigenvalue weighted by molar-refractivity contribution is 8.15. The SMILES string of the molecule is O=C1NC(=O)C(Cc2ccc(OCSc3cccc(OCN4C(=O)SC(Cc5ccc(OCCc6cccc(F)c6)cc5)C4=O)c3)cc2)S1. The summed E-state index contributed by atoms with van der Waals surface area (Å²) in [7, 11) is 0. The number of amides is 4. The van der Waals surface area contributed by atoms with Crippen LogP contribution in [0.2, 0.25) is 0 Å². The summed E-state index contributed by atoms with van der Waals surface area (Å²) in [6.07, 6.45) is 1.43. The molecule has 6 rings (SSSR count). The molecule has 1 N–H and O–H groups in total. The van der Waals surface area contributed by atoms with Crippen LogP contribution in [0, 0.1) is 5.82 Å². The highest BCUT2D eigenvalue weighted by atomic mass is 32.2. The lowest BCUT2D eigenvalue weighted by Crippen LogP contribution is -2.35. The lowest BCUT2D eigenvalue weighted by molar-refractivity contribution is -0.128. The zero-order valence-corrected chi connectivity index (χ0v) is 28.5. The fourth-order valence-electron chi connectivity index (χ4n) is 5.08. The highest BCUT2D eigenvalue weighted by Gasteiger charge is 2.40. The molecule has 2 aliphatic heterocycles. The number of carbonyl (C=O) groups excluding carboxylic acids is 4. The maximum atomic E-state index is 13.4. The minimum Gasteiger partial charge on any atom is -0.493 e. The van der Waals surface area contributed by atoms with Gasteiger partial charge in [0.05, 0.1) is 17.1 Å². The Balaban J connectivity index is 0.921. The first kappa shape index (κ1) is 34.4. The largest absolute Gasteiger partial charge is 0.493 e. The summed E-state index contributed by atoms with van der Waals surface area (Å²) in [6, 6.07) is 28.5. The van der Waals surface area contributed by atoms with Crippen molar-refractivity contribution in [2.75, 3.05) is 19.3 Å². The molecule has 9 nitrogen and oxygen atoms in total. The topological polar surface area (TPSA) is 111 Å². The van der Waals surface area contributed by atoms with Crippen molar-refractivity contribution in [3.05, 3.63) is 120 Å². The van der Waals surface area contributed by atoms with Crippen LogP contribution in [0.15, 0.2) is 102 Å². The van der Waals surface area contributed by atoms with Gasteiger partial charge in [0.1, 0.15) is 29.0 Å². The van der Waals surface area contributed by atoms with Crippen molar-refractivity contribution >= 4 is 57.6 Å². The van der Waals surface area contributed by atoms with Gasteiger partial charge < -0.3 is 14.2 Å². The molecule has 2 atom stereocenters. The molecule has 4 aromatic carbocycles. The summed E-state index contributed by atoms with van der Waals surface area (Å²) in [5, 5.41) is 0.671. The van der Waals surface area contributed by atoms with Crippen molar-refractivity contribution in [1.29, 1.82) is 0 Å². The number of nitrogens with one attached hydrogen (secondary N) is 1. The van der Waals surface area contributed by atoms with Crippen LogP contribution >= 0.6 is 35.3 Å². The fourth-order valence-corrected chi connectivity index (χ4v) is 7.66. The molecule has 0 radical (unpaired) electrons. The van der Waals surface area contributed by atoms with Crippen LogP contribution in [-0.2, 0) is 28.9 Å². The number of hydrogen-bond acceptors (Lipinski definition) is 10. The van der Waals surface area contributed by atoms with Crippen LogP contribution in [0.1, 0.15) is 16.7 Å². The summed E-state index contributed by atoms with van der Waals surface area (Å²) < 4.78 is 30.8. The van der Waals surface area contributed by atoms with E-state index in [9.17, 15) is 23.6 Å². The number of halogens is 1. The Bertz CT molecular complexity index is 1820. The molecule has 2 unspecified atom stereocenters. The van der Waals surface area contributed by atoms with Gasteiger partial charge in [-0.15, -0.1) is 0 Å². The lowest BCUT2D eigenvalue weighted by atomic mass is 10.1. The van der Waals surface area contributed by atoms with Crippen LogP contribution in [0.25, 0.3) is 0 Å². The average molecular weight is 719 g/mol. The number of carbonyl (C=O) groups is 4. The van der Waals surface area contributed by atoms with Crippen molar-refractivity contribution in [3.8, 4) is 17.2 Å². The summed E-state index contributed by atoms with van der Waals surface area (Å²) >= 11 is 3.45. The molecule has 4 aromatic rings. The van der Waals surface area contributed by atoms with Gasteiger partial charge in [-0.1, -0.05) is 77.8 Å². The molecular formula is C36H31FN2O7S3. The predicted octanol–water partition coefficient (Wildman–Crippen LogP) is 7.11. The van der Waals surface area contributed by atoms with Crippen molar-refractivity contribution in [1.82, 2.24) is 10.2 Å². The van der Waals surface area contributed by atoms with Gasteiger partial charge in [0.15, 0.2) is 6.73 Å². The van der Waals surface area contributed by atoms with E-state index in [0.29, 0.717) is 49.1 Å². The Kier molecular flexibility index (Phi) is 11.4. The molecule has 0 bridgehead atoms. The van der Waals surface area contributed by atoms with E-state index >= 15 is 0 Å². The van der Waals surface area contributed by atoms with Crippen LogP contribution in [0.4, 0.5) is 14.0 Å². The maximum Gasteiger partial charge on any atom is 0.291 e. The first-order valence-corrected chi connectivity index (χ1v) is 18.1. The molecule has 0 aliphatic carbocycles. The molecule has 0 spiro atoms. The van der Waals surface area contributed by atoms with Gasteiger partial charge in [-0.25, -0.2) is 9.29 Å². The van der Waals surface area contributed by atoms with Gasteiger partial charge >= 0.3 is 0 Å². The third-order valence-electron chi connectivity index (χ3n) is 7.63. The molecule has 2 fully saturated rings. The van der Waals surface area contributed by atoms with E-state index in [2.05, 4.69) is 5.32 Å². The van der Waals surface area contributed by atoms with E-state index in [-0.39, 0.29) is 34.8 Å². The van der Waals surface area contributed by atoms with E-state index < -0.39 is 10.5 Å². The number of benzene rings is 4. The molecule has 2 aliphatic rings. The van der Waals surface area contributed by atoms with Gasteiger partial charge in [-0.2, -0.15) is 0 Å². The van der Waals surface area contributed by atoms with Crippen molar-refractivity contribution < 1.29 is 37.8 Å². The number of hydrogen-bond donors (Lipinski definition) is 1. The average Bonchev–Trinajstić information content (AvgIpc) is 3.55. The third-order valence-corrected chi connectivity index (χ3v) is 10.5. The summed E-state index contributed by atoms with van der Waals surface area (Å²) in [5.74, 6) is 1.36. The Morgan fingerprint density at radius 1 is 0.714 bits per heavy atom. The normalized spacial score (nSPS) is 17.4. The van der Waals surface area contributed by atoms with Gasteiger partial charge in [0.2, 0.25) is 11.8 Å². The second-order valence-electron chi connectivity index (χ2n) is 11.1. The molecule has 49 heavy (non-hydrogen) atoms. The van der Waals surface area contributed by atoms with Gasteiger partial charge in [0.25, 0.3) is 10.5 Å². The highest BCUT2D eigenvalue weighted by Crippen LogP contribution is 2.31. The first-order valence-electron chi connectivity index (χ1n) is 15.4. The predicted molar refractivity (Wildman–Crippen MR) is 188 cm³/mol. The molecule has 4 amide bonds. The molecule has 0 aromatic heterocycles. The monoisotopic (exact) mass is 718 g/mol. The number of thioether (sulfide) groups is 3. The lowest BCUT2D eigenvalue weighted by Gasteiger charge is -2.15. The zero-order chi connectivity index (χ0) is 34.2. The number of ether oxygens (including phenoxy) is 3. The van der Waals surface area contributed by atoms with E-state index in [1.807, 2.05) is 72.8 Å². The Labute approximate surface area is 295 Å². The van der Waals surface area contributed by atoms with Gasteiger partial charge in [-0.05, 0) is 84.1 Å². The molecule has 252 valence electrons. The molecule has 0 saturated carbocycles. The van der Waals surface area contributed by atoms with E-state index in [4.69, 9.17) is 14.2 Å². The second kappa shape index (κ2) is 16.3. The Morgan fingerprint density at radius 2 is 1.41 bits per heavy atom. The maximum absolute atomic E-state index is 13.4. The first-order chi connectivity index (χ1) is 23.8. The Hall–Kier alpha value is -4.46. The number of imide groups is 2. The van der Waals surface area contributed by atoms with E-state index in [0.717, 1.165) is 50.0 Å². The number of nitrogens with zero attached hydrogens (tertiary/aromatic N) is 1. The van der Waals surface area contributed by atoms with Crippen molar-refractivity contribution in [2.24, 2.45) is 0 Å². The summed E-state index contributed by atoms with van der Waals surface area (Å²) in [4.78, 5) is 51.0. The third kappa shape index (κ3) is 9.58. The summed E-state index contributed by atoms with van der Waals surface area (Å²) in [6.45, 7) is 0.217. The smallest absolute Gasteiger partial charge is 0.291 e. The minimum absolute atomic E-state index is 0.189. The summed E-state index contributed by atoms with van der Waals surface area (Å²) in [5.41, 5.74) is 2.69. The fraction of sp³-hybridized carbons (Fsp3) is 0.222. The minimum atomic E-state index is -0.547. The second-order valence-corrected chi connectivity index (χ2v) is 14.4. The van der Waals surface area contributed by atoms with E-state index in [1.54, 1.807) is 12.1 Å². The van der Waals surface area contributed by atoms with Crippen LogP contribution in [0.3, 0.4) is 0 Å². The van der Waals surface area contributed by atoms with Crippen molar-refractivity contribution in [2.45, 2.75) is 34.7 Å². The zero-order valence-electron chi connectivity index (χ0n) is 26.0. The van der Waals surface area contributed by atoms with Gasteiger partial charge in [0, 0.05) is 11.3 Å². The van der Waals surface area contributed by atoms with Crippen LogP contribution in [0.5, 0.6) is 17.2 Å². The molecular weight excluding hydrogens is 688 g/mol. The van der Waals surface area contributed by atoms with Crippen molar-refractivity contribution in [3.63, 3.8) is 0 Å². The van der Waals surface area contributed by atoms with Crippen LogP contribution in [-0.4, -0.2) is 57.0 Å². The quantitative estimate of drug-likeness (QED) is 0.101. The molecule has 13 heteroatoms.